The van der Waals surface area contributed by atoms with Gasteiger partial charge in [-0.15, -0.1) is 0 Å². The Morgan fingerprint density at radius 3 is 2.47 bits per heavy atom. The fourth-order valence-corrected chi connectivity index (χ4v) is 0.911. The van der Waals surface area contributed by atoms with Gasteiger partial charge in [0.25, 0.3) is 0 Å². The number of rotatable bonds is 1. The Balaban J connectivity index is 3.15. The maximum atomic E-state index is 12.1. The zero-order chi connectivity index (χ0) is 11.6. The molecule has 0 radical (unpaired) electrons. The van der Waals surface area contributed by atoms with Crippen molar-refractivity contribution in [3.05, 3.63) is 34.8 Å². The third kappa shape index (κ3) is 2.36. The average Bonchev–Trinajstić information content (AvgIpc) is 2.15. The minimum Gasteiger partial charge on any atom is -0.618 e. The molecule has 1 rings (SSSR count). The Kier molecular flexibility index (Phi) is 2.83. The van der Waals surface area contributed by atoms with Crippen LogP contribution in [0.15, 0.2) is 18.3 Å². The van der Waals surface area contributed by atoms with Crippen LogP contribution in [0.4, 0.5) is 13.2 Å². The first-order valence-electron chi connectivity index (χ1n) is 3.75. The molecule has 0 saturated carbocycles. The number of aromatic nitrogens is 1. The molecule has 0 aliphatic carbocycles. The second-order valence-corrected chi connectivity index (χ2v) is 2.62. The number of halogens is 3. The van der Waals surface area contributed by atoms with E-state index < -0.39 is 23.4 Å². The van der Waals surface area contributed by atoms with Gasteiger partial charge in [0, 0.05) is 6.07 Å². The number of carbonyl (C=O) groups is 1. The number of esters is 1. The smallest absolute Gasteiger partial charge is 0.422 e. The monoisotopic (exact) mass is 221 g/mol. The molecule has 0 aliphatic heterocycles. The third-order valence-electron chi connectivity index (χ3n) is 1.64. The van der Waals surface area contributed by atoms with Gasteiger partial charge >= 0.3 is 17.8 Å². The highest BCUT2D eigenvalue weighted by Crippen LogP contribution is 2.27. The predicted octanol–water partition coefficient (Wildman–Crippen LogP) is 1.13. The lowest BCUT2D eigenvalue weighted by Gasteiger charge is -2.07. The van der Waals surface area contributed by atoms with Crippen molar-refractivity contribution in [1.29, 1.82) is 0 Å². The molecule has 1 heterocycles. The summed E-state index contributed by atoms with van der Waals surface area (Å²) in [5.74, 6) is -0.987. The first-order chi connectivity index (χ1) is 6.86. The molecule has 0 aromatic carbocycles. The molecule has 0 unspecified atom stereocenters. The fourth-order valence-electron chi connectivity index (χ4n) is 0.911. The summed E-state index contributed by atoms with van der Waals surface area (Å²) in [6.45, 7) is 0. The molecular weight excluding hydrogens is 215 g/mol. The zero-order valence-corrected chi connectivity index (χ0v) is 7.54. The van der Waals surface area contributed by atoms with Gasteiger partial charge in [-0.2, -0.15) is 17.9 Å². The van der Waals surface area contributed by atoms with Crippen LogP contribution in [0, 0.1) is 5.21 Å². The van der Waals surface area contributed by atoms with Gasteiger partial charge in [0.1, 0.15) is 5.56 Å². The van der Waals surface area contributed by atoms with Crippen molar-refractivity contribution in [3.8, 4) is 0 Å². The molecule has 0 bridgehead atoms. The highest BCUT2D eigenvalue weighted by Gasteiger charge is 2.34. The van der Waals surface area contributed by atoms with E-state index in [1.54, 1.807) is 0 Å². The molecule has 0 amide bonds. The van der Waals surface area contributed by atoms with Crippen molar-refractivity contribution in [2.24, 2.45) is 0 Å². The number of carbonyl (C=O) groups excluding carboxylic acids is 1. The van der Waals surface area contributed by atoms with Crippen LogP contribution >= 0.6 is 0 Å². The summed E-state index contributed by atoms with van der Waals surface area (Å²) in [6.07, 6.45) is -4.33. The molecule has 4 nitrogen and oxygen atoms in total. The van der Waals surface area contributed by atoms with Crippen molar-refractivity contribution < 1.29 is 27.4 Å². The predicted molar refractivity (Wildman–Crippen MR) is 41.7 cm³/mol. The minimum absolute atomic E-state index is 0.172. The summed E-state index contributed by atoms with van der Waals surface area (Å²) in [4.78, 5) is 10.9. The number of methoxy groups -OCH3 is 1. The van der Waals surface area contributed by atoms with Crippen LogP contribution in [-0.2, 0) is 10.9 Å². The summed E-state index contributed by atoms with van der Waals surface area (Å²) in [5.41, 5.74) is -1.62. The molecule has 0 spiro atoms. The van der Waals surface area contributed by atoms with Crippen LogP contribution in [0.1, 0.15) is 16.1 Å². The first-order valence-corrected chi connectivity index (χ1v) is 3.75. The molecule has 1 aromatic heterocycles. The van der Waals surface area contributed by atoms with Gasteiger partial charge in [-0.05, 0) is 6.07 Å². The lowest BCUT2D eigenvalue weighted by molar-refractivity contribution is -0.609. The number of pyridine rings is 1. The van der Waals surface area contributed by atoms with Gasteiger partial charge in [0.2, 0.25) is 0 Å². The van der Waals surface area contributed by atoms with Gasteiger partial charge in [0.05, 0.1) is 7.11 Å². The van der Waals surface area contributed by atoms with E-state index in [2.05, 4.69) is 4.74 Å². The lowest BCUT2D eigenvalue weighted by atomic mass is 10.2. The summed E-state index contributed by atoms with van der Waals surface area (Å²) in [6, 6.07) is 1.41. The van der Waals surface area contributed by atoms with Crippen LogP contribution < -0.4 is 4.73 Å². The lowest BCUT2D eigenvalue weighted by Crippen LogP contribution is -2.36. The number of hydrogen-bond donors (Lipinski definition) is 0. The van der Waals surface area contributed by atoms with Crippen molar-refractivity contribution in [3.63, 3.8) is 0 Å². The number of ether oxygens (including phenoxy) is 1. The van der Waals surface area contributed by atoms with Crippen molar-refractivity contribution in [2.45, 2.75) is 6.18 Å². The van der Waals surface area contributed by atoms with E-state index in [1.807, 2.05) is 0 Å². The Morgan fingerprint density at radius 1 is 1.47 bits per heavy atom. The summed E-state index contributed by atoms with van der Waals surface area (Å²) < 4.78 is 40.4. The molecule has 1 aromatic rings. The SMILES string of the molecule is COC(=O)c1ccc(C(F)(F)F)c[n+]1[O-]. The molecule has 0 atom stereocenters. The summed E-state index contributed by atoms with van der Waals surface area (Å²) in [7, 11) is 1.03. The Morgan fingerprint density at radius 2 is 2.07 bits per heavy atom. The summed E-state index contributed by atoms with van der Waals surface area (Å²) in [5, 5.41) is 11.0. The number of hydrogen-bond acceptors (Lipinski definition) is 3. The van der Waals surface area contributed by atoms with Crippen LogP contribution in [0.25, 0.3) is 0 Å². The van der Waals surface area contributed by atoms with Crippen molar-refractivity contribution >= 4 is 5.97 Å². The standard InChI is InChI=1S/C8H6F3NO3/c1-15-7(13)6-3-2-5(4-12(6)14)8(9,10)11/h2-4H,1H3. The average molecular weight is 221 g/mol. The van der Waals surface area contributed by atoms with Crippen LogP contribution in [0.5, 0.6) is 0 Å². The van der Waals surface area contributed by atoms with E-state index in [1.165, 1.54) is 0 Å². The molecule has 15 heavy (non-hydrogen) atoms. The molecule has 0 fully saturated rings. The second-order valence-electron chi connectivity index (χ2n) is 2.62. The normalized spacial score (nSPS) is 11.2. The Bertz CT molecular complexity index is 389. The number of alkyl halides is 3. The topological polar surface area (TPSA) is 53.2 Å². The molecule has 0 N–H and O–H groups in total. The van der Waals surface area contributed by atoms with Crippen LogP contribution in [0.2, 0.25) is 0 Å². The van der Waals surface area contributed by atoms with E-state index in [0.717, 1.165) is 13.2 Å². The molecular formula is C8H6F3NO3. The van der Waals surface area contributed by atoms with Crippen LogP contribution in [-0.4, -0.2) is 13.1 Å². The third-order valence-corrected chi connectivity index (χ3v) is 1.64. The highest BCUT2D eigenvalue weighted by molar-refractivity contribution is 5.85. The zero-order valence-electron chi connectivity index (χ0n) is 7.54. The molecule has 7 heteroatoms. The fraction of sp³-hybridized carbons (Fsp3) is 0.250. The van der Waals surface area contributed by atoms with Crippen molar-refractivity contribution in [1.82, 2.24) is 0 Å². The Labute approximate surface area is 82.5 Å². The first kappa shape index (κ1) is 11.3. The van der Waals surface area contributed by atoms with E-state index in [9.17, 15) is 23.2 Å². The second kappa shape index (κ2) is 3.76. The van der Waals surface area contributed by atoms with Crippen LogP contribution in [0.3, 0.4) is 0 Å². The summed E-state index contributed by atoms with van der Waals surface area (Å²) >= 11 is 0. The minimum atomic E-state index is -4.61. The maximum absolute atomic E-state index is 12.1. The molecule has 0 aliphatic rings. The number of nitrogens with zero attached hydrogens (tertiary/aromatic N) is 1. The van der Waals surface area contributed by atoms with Gasteiger partial charge < -0.3 is 9.94 Å². The largest absolute Gasteiger partial charge is 0.618 e. The maximum Gasteiger partial charge on any atom is 0.422 e. The van der Waals surface area contributed by atoms with Crippen molar-refractivity contribution in [2.75, 3.05) is 7.11 Å². The molecule has 82 valence electrons. The van der Waals surface area contributed by atoms with E-state index in [-0.39, 0.29) is 10.9 Å². The van der Waals surface area contributed by atoms with Gasteiger partial charge in [-0.3, -0.25) is 0 Å². The van der Waals surface area contributed by atoms with E-state index >= 15 is 0 Å². The highest BCUT2D eigenvalue weighted by atomic mass is 19.4. The quantitative estimate of drug-likeness (QED) is 0.405. The Hall–Kier alpha value is -1.79. The van der Waals surface area contributed by atoms with E-state index in [4.69, 9.17) is 0 Å². The van der Waals surface area contributed by atoms with Gasteiger partial charge in [0.15, 0.2) is 6.20 Å². The van der Waals surface area contributed by atoms with Gasteiger partial charge in [-0.1, -0.05) is 0 Å². The van der Waals surface area contributed by atoms with Gasteiger partial charge in [-0.25, -0.2) is 4.79 Å². The molecule has 0 saturated heterocycles. The van der Waals surface area contributed by atoms with E-state index in [0.29, 0.717) is 6.07 Å².